The predicted molar refractivity (Wildman–Crippen MR) is 121 cm³/mol. The van der Waals surface area contributed by atoms with Crippen LogP contribution in [0.2, 0.25) is 0 Å². The highest BCUT2D eigenvalue weighted by molar-refractivity contribution is 6.21. The molecule has 3 rings (SSSR count). The van der Waals surface area contributed by atoms with E-state index >= 15 is 0 Å². The molecule has 3 unspecified atom stereocenters. The van der Waals surface area contributed by atoms with E-state index in [1.165, 1.54) is 6.42 Å². The van der Waals surface area contributed by atoms with Crippen LogP contribution >= 0.6 is 11.6 Å². The second kappa shape index (κ2) is 9.93. The molecule has 164 valence electrons. The number of nitrogens with zero attached hydrogens (tertiary/aromatic N) is 2. The number of halogens is 1. The summed E-state index contributed by atoms with van der Waals surface area (Å²) in [6.07, 6.45) is 9.83. The summed E-state index contributed by atoms with van der Waals surface area (Å²) in [5.74, 6) is 2.08. The Kier molecular flexibility index (Phi) is 7.80. The number of hydrogen-bond donors (Lipinski definition) is 2. The molecule has 6 heteroatoms. The fourth-order valence-corrected chi connectivity index (χ4v) is 5.49. The van der Waals surface area contributed by atoms with Crippen LogP contribution in [0.4, 0.5) is 0 Å². The number of rotatable bonds is 6. The predicted octanol–water partition coefficient (Wildman–Crippen LogP) is 3.30. The lowest BCUT2D eigenvalue weighted by molar-refractivity contribution is -0.139. The third-order valence-electron chi connectivity index (χ3n) is 6.94. The average Bonchev–Trinajstić information content (AvgIpc) is 2.68. The van der Waals surface area contributed by atoms with Crippen LogP contribution in [0.1, 0.15) is 47.0 Å². The first-order valence-electron chi connectivity index (χ1n) is 11.3. The molecule has 1 amide bonds. The van der Waals surface area contributed by atoms with E-state index in [9.17, 15) is 4.79 Å². The zero-order valence-electron chi connectivity index (χ0n) is 18.5. The van der Waals surface area contributed by atoms with Crippen molar-refractivity contribution in [2.75, 3.05) is 32.8 Å². The van der Waals surface area contributed by atoms with Gasteiger partial charge in [-0.25, -0.2) is 0 Å². The van der Waals surface area contributed by atoms with Gasteiger partial charge in [-0.15, -0.1) is 11.6 Å². The molecule has 0 saturated carbocycles. The summed E-state index contributed by atoms with van der Waals surface area (Å²) in [6.45, 7) is 13.0. The molecule has 29 heavy (non-hydrogen) atoms. The summed E-state index contributed by atoms with van der Waals surface area (Å²) < 4.78 is 0. The van der Waals surface area contributed by atoms with Crippen molar-refractivity contribution in [3.8, 4) is 0 Å². The van der Waals surface area contributed by atoms with Gasteiger partial charge in [0.1, 0.15) is 0 Å². The summed E-state index contributed by atoms with van der Waals surface area (Å²) in [5.41, 5.74) is 0.115. The lowest BCUT2D eigenvalue weighted by Gasteiger charge is -2.48. The Morgan fingerprint density at radius 1 is 1.31 bits per heavy atom. The molecule has 0 spiro atoms. The van der Waals surface area contributed by atoms with Crippen LogP contribution in [0.3, 0.4) is 0 Å². The molecule has 0 aromatic heterocycles. The maximum atomic E-state index is 13.4. The third kappa shape index (κ3) is 5.83. The number of aliphatic imine (C=N–C) groups is 1. The summed E-state index contributed by atoms with van der Waals surface area (Å²) >= 11 is 6.25. The van der Waals surface area contributed by atoms with E-state index in [0.717, 1.165) is 39.0 Å². The lowest BCUT2D eigenvalue weighted by atomic mass is 9.65. The summed E-state index contributed by atoms with van der Waals surface area (Å²) in [7, 11) is 0. The highest BCUT2D eigenvalue weighted by Gasteiger charge is 2.42. The molecular formula is C23H39ClN4O. The molecule has 0 bridgehead atoms. The Hall–Kier alpha value is -0.910. The Morgan fingerprint density at radius 3 is 2.69 bits per heavy atom. The topological polar surface area (TPSA) is 56.7 Å². The van der Waals surface area contributed by atoms with Crippen LogP contribution in [0.25, 0.3) is 0 Å². The number of piperidine rings is 1. The van der Waals surface area contributed by atoms with Crippen LogP contribution in [0.5, 0.6) is 0 Å². The van der Waals surface area contributed by atoms with E-state index in [2.05, 4.69) is 60.4 Å². The molecule has 2 N–H and O–H groups in total. The van der Waals surface area contributed by atoms with E-state index in [0.29, 0.717) is 24.4 Å². The molecule has 5 nitrogen and oxygen atoms in total. The summed E-state index contributed by atoms with van der Waals surface area (Å²) in [6, 6.07) is -0.135. The number of alkyl halides is 1. The molecule has 0 aromatic rings. The maximum Gasteiger partial charge on any atom is 0.239 e. The number of carbonyl (C=O) groups is 1. The molecule has 1 aliphatic carbocycles. The second-order valence-electron chi connectivity index (χ2n) is 10.1. The zero-order valence-corrected chi connectivity index (χ0v) is 19.3. The van der Waals surface area contributed by atoms with E-state index in [-0.39, 0.29) is 28.7 Å². The number of amides is 1. The number of nitrogens with one attached hydrogen (secondary N) is 2. The van der Waals surface area contributed by atoms with Crippen molar-refractivity contribution in [2.45, 2.75) is 58.4 Å². The van der Waals surface area contributed by atoms with Gasteiger partial charge in [-0.3, -0.25) is 15.1 Å². The Labute approximate surface area is 181 Å². The van der Waals surface area contributed by atoms with Gasteiger partial charge in [-0.2, -0.15) is 0 Å². The van der Waals surface area contributed by atoms with Crippen molar-refractivity contribution in [1.82, 2.24) is 15.5 Å². The summed E-state index contributed by atoms with van der Waals surface area (Å²) in [5, 5.41) is 7.02. The SMILES string of the molecule is CC(C)[C@@H](NCC1C=NCNC1)C(=O)N1CC[C@H](C2C=CC(Cl)CC2)C(C)(C)C1. The Balaban J connectivity index is 1.60. The van der Waals surface area contributed by atoms with Crippen LogP contribution in [0, 0.1) is 29.1 Å². The molecular weight excluding hydrogens is 384 g/mol. The molecule has 2 aliphatic heterocycles. The number of carbonyl (C=O) groups excluding carboxylic acids is 1. The van der Waals surface area contributed by atoms with Gasteiger partial charge < -0.3 is 10.2 Å². The molecule has 2 heterocycles. The monoisotopic (exact) mass is 422 g/mol. The number of likely N-dealkylation sites (tertiary alicyclic amines) is 1. The van der Waals surface area contributed by atoms with Gasteiger partial charge in [0.25, 0.3) is 0 Å². The minimum Gasteiger partial charge on any atom is -0.341 e. The van der Waals surface area contributed by atoms with Gasteiger partial charge in [0.05, 0.1) is 18.1 Å². The van der Waals surface area contributed by atoms with Gasteiger partial charge in [0.15, 0.2) is 0 Å². The van der Waals surface area contributed by atoms with Crippen molar-refractivity contribution < 1.29 is 4.79 Å². The quantitative estimate of drug-likeness (QED) is 0.510. The average molecular weight is 423 g/mol. The molecule has 3 aliphatic rings. The van der Waals surface area contributed by atoms with Gasteiger partial charge in [0.2, 0.25) is 5.91 Å². The minimum absolute atomic E-state index is 0.115. The fraction of sp³-hybridized carbons (Fsp3) is 0.826. The van der Waals surface area contributed by atoms with Crippen molar-refractivity contribution in [3.63, 3.8) is 0 Å². The first kappa shape index (κ1) is 22.8. The molecule has 1 saturated heterocycles. The van der Waals surface area contributed by atoms with Crippen LogP contribution < -0.4 is 10.6 Å². The van der Waals surface area contributed by atoms with Crippen LogP contribution in [-0.2, 0) is 4.79 Å². The maximum absolute atomic E-state index is 13.4. The van der Waals surface area contributed by atoms with E-state index in [1.807, 2.05) is 6.21 Å². The minimum atomic E-state index is -0.135. The lowest BCUT2D eigenvalue weighted by Crippen LogP contribution is -2.57. The fourth-order valence-electron chi connectivity index (χ4n) is 5.28. The van der Waals surface area contributed by atoms with Gasteiger partial charge in [0, 0.05) is 38.3 Å². The highest BCUT2D eigenvalue weighted by Crippen LogP contribution is 2.43. The van der Waals surface area contributed by atoms with Crippen molar-refractivity contribution >= 4 is 23.7 Å². The third-order valence-corrected chi connectivity index (χ3v) is 7.31. The van der Waals surface area contributed by atoms with Crippen LogP contribution in [-0.4, -0.2) is 61.3 Å². The van der Waals surface area contributed by atoms with Gasteiger partial charge in [-0.05, 0) is 42.4 Å². The second-order valence-corrected chi connectivity index (χ2v) is 10.7. The smallest absolute Gasteiger partial charge is 0.239 e. The molecule has 5 atom stereocenters. The Bertz CT molecular complexity index is 618. The zero-order chi connectivity index (χ0) is 21.0. The van der Waals surface area contributed by atoms with Gasteiger partial charge in [-0.1, -0.05) is 39.8 Å². The first-order valence-corrected chi connectivity index (χ1v) is 11.8. The van der Waals surface area contributed by atoms with Crippen LogP contribution in [0.15, 0.2) is 17.1 Å². The van der Waals surface area contributed by atoms with E-state index < -0.39 is 0 Å². The van der Waals surface area contributed by atoms with E-state index in [1.54, 1.807) is 0 Å². The van der Waals surface area contributed by atoms with Crippen molar-refractivity contribution in [1.29, 1.82) is 0 Å². The number of hydrogen-bond acceptors (Lipinski definition) is 4. The summed E-state index contributed by atoms with van der Waals surface area (Å²) in [4.78, 5) is 19.8. The number of allylic oxidation sites excluding steroid dienone is 2. The molecule has 0 aromatic carbocycles. The first-order chi connectivity index (χ1) is 13.8. The molecule has 1 fully saturated rings. The largest absolute Gasteiger partial charge is 0.341 e. The van der Waals surface area contributed by atoms with Gasteiger partial charge >= 0.3 is 0 Å². The van der Waals surface area contributed by atoms with Crippen molar-refractivity contribution in [3.05, 3.63) is 12.2 Å². The normalized spacial score (nSPS) is 33.1. The Morgan fingerprint density at radius 2 is 2.10 bits per heavy atom. The van der Waals surface area contributed by atoms with Crippen molar-refractivity contribution in [2.24, 2.45) is 34.1 Å². The highest BCUT2D eigenvalue weighted by atomic mass is 35.5. The molecule has 0 radical (unpaired) electrons. The van der Waals surface area contributed by atoms with E-state index in [4.69, 9.17) is 11.6 Å². The standard InChI is InChI=1S/C23H39ClN4O/c1-16(2)21(27-13-17-11-25-15-26-12-17)22(29)28-10-9-20(23(3,4)14-28)18-5-7-19(24)8-6-18/h5,7,11,16-21,26-27H,6,8-10,12-15H2,1-4H3/t17?,18?,19?,20-,21-/m1/s1.